The number of aromatic nitrogens is 4. The monoisotopic (exact) mass is 324 g/mol. The fraction of sp³-hybridized carbons (Fsp3) is 0.385. The molecule has 2 aromatic heterocycles. The first-order chi connectivity index (χ1) is 11.0. The summed E-state index contributed by atoms with van der Waals surface area (Å²) >= 11 is 0. The number of halogens is 2. The number of hydrogen-bond donors (Lipinski definition) is 2. The Morgan fingerprint density at radius 1 is 1.22 bits per heavy atom. The molecule has 122 valence electrons. The Kier molecular flexibility index (Phi) is 4.04. The topological polar surface area (TPSA) is 110 Å². The number of hydrogen-bond acceptors (Lipinski definition) is 8. The lowest BCUT2D eigenvalue weighted by Gasteiger charge is -2.32. The fourth-order valence-corrected chi connectivity index (χ4v) is 2.33. The average molecular weight is 324 g/mol. The second-order valence-electron chi connectivity index (χ2n) is 5.02. The SMILES string of the molecule is Nc1nc(OC2CCN(c3ncnc(O)c3F)CC2)ncc1F. The highest BCUT2D eigenvalue weighted by molar-refractivity contribution is 5.43. The molecule has 0 aliphatic carbocycles. The maximum atomic E-state index is 13.8. The standard InChI is InChI=1S/C13H14F2N6O2/c14-8-5-17-13(20-10(8)16)23-7-1-3-21(4-2-7)11-9(15)12(22)19-6-18-11/h5-7H,1-4H2,(H2,16,17,20)(H,18,19,22). The van der Waals surface area contributed by atoms with Gasteiger partial charge in [0.1, 0.15) is 12.4 Å². The first-order valence-electron chi connectivity index (χ1n) is 6.93. The molecule has 1 fully saturated rings. The van der Waals surface area contributed by atoms with E-state index in [2.05, 4.69) is 19.9 Å². The molecule has 0 bridgehead atoms. The van der Waals surface area contributed by atoms with Crippen LogP contribution in [0.15, 0.2) is 12.5 Å². The van der Waals surface area contributed by atoms with E-state index >= 15 is 0 Å². The Labute approximate surface area is 130 Å². The summed E-state index contributed by atoms with van der Waals surface area (Å²) in [7, 11) is 0. The number of ether oxygens (including phenoxy) is 1. The summed E-state index contributed by atoms with van der Waals surface area (Å²) in [6.45, 7) is 0.934. The Hall–Kier alpha value is -2.78. The molecule has 2 aromatic rings. The van der Waals surface area contributed by atoms with Crippen molar-refractivity contribution in [2.45, 2.75) is 18.9 Å². The molecule has 0 aromatic carbocycles. The van der Waals surface area contributed by atoms with Crippen LogP contribution < -0.4 is 15.4 Å². The minimum Gasteiger partial charge on any atom is -0.491 e. The van der Waals surface area contributed by atoms with Crippen LogP contribution >= 0.6 is 0 Å². The maximum absolute atomic E-state index is 13.8. The quantitative estimate of drug-likeness (QED) is 0.856. The molecule has 0 unspecified atom stereocenters. The predicted octanol–water partition coefficient (Wildman–Crippen LogP) is 0.880. The van der Waals surface area contributed by atoms with Gasteiger partial charge in [-0.05, 0) is 0 Å². The van der Waals surface area contributed by atoms with E-state index in [1.54, 1.807) is 4.90 Å². The summed E-state index contributed by atoms with van der Waals surface area (Å²) in [5.74, 6) is -2.44. The lowest BCUT2D eigenvalue weighted by atomic mass is 10.1. The van der Waals surface area contributed by atoms with E-state index in [4.69, 9.17) is 10.5 Å². The molecule has 1 saturated heterocycles. The van der Waals surface area contributed by atoms with Crippen LogP contribution in [0.4, 0.5) is 20.4 Å². The molecule has 3 heterocycles. The van der Waals surface area contributed by atoms with Gasteiger partial charge in [-0.15, -0.1) is 0 Å². The Balaban J connectivity index is 1.62. The van der Waals surface area contributed by atoms with Crippen molar-refractivity contribution < 1.29 is 18.6 Å². The molecule has 0 saturated carbocycles. The minimum atomic E-state index is -0.846. The van der Waals surface area contributed by atoms with Gasteiger partial charge in [-0.3, -0.25) is 0 Å². The van der Waals surface area contributed by atoms with Crippen molar-refractivity contribution >= 4 is 11.6 Å². The van der Waals surface area contributed by atoms with Gasteiger partial charge in [0.15, 0.2) is 17.5 Å². The van der Waals surface area contributed by atoms with Crippen molar-refractivity contribution in [2.75, 3.05) is 23.7 Å². The molecule has 3 N–H and O–H groups in total. The van der Waals surface area contributed by atoms with Crippen molar-refractivity contribution in [3.8, 4) is 11.9 Å². The summed E-state index contributed by atoms with van der Waals surface area (Å²) in [5, 5.41) is 9.29. The molecule has 0 amide bonds. The molecule has 1 aliphatic rings. The van der Waals surface area contributed by atoms with Gasteiger partial charge in [-0.1, -0.05) is 0 Å². The first kappa shape index (κ1) is 15.1. The van der Waals surface area contributed by atoms with Gasteiger partial charge < -0.3 is 20.5 Å². The third kappa shape index (κ3) is 3.20. The molecule has 0 radical (unpaired) electrons. The zero-order chi connectivity index (χ0) is 16.4. The summed E-state index contributed by atoms with van der Waals surface area (Å²) < 4.78 is 32.4. The van der Waals surface area contributed by atoms with Crippen LogP contribution in [-0.2, 0) is 0 Å². The van der Waals surface area contributed by atoms with E-state index in [1.807, 2.05) is 0 Å². The summed E-state index contributed by atoms with van der Waals surface area (Å²) in [4.78, 5) is 16.4. The highest BCUT2D eigenvalue weighted by atomic mass is 19.1. The Morgan fingerprint density at radius 3 is 2.65 bits per heavy atom. The molecule has 3 rings (SSSR count). The third-order valence-corrected chi connectivity index (χ3v) is 3.52. The van der Waals surface area contributed by atoms with E-state index < -0.39 is 17.5 Å². The normalized spacial score (nSPS) is 15.7. The second-order valence-corrected chi connectivity index (χ2v) is 5.02. The molecule has 8 nitrogen and oxygen atoms in total. The fourth-order valence-electron chi connectivity index (χ4n) is 2.33. The van der Waals surface area contributed by atoms with Crippen molar-refractivity contribution in [3.05, 3.63) is 24.2 Å². The summed E-state index contributed by atoms with van der Waals surface area (Å²) in [6.07, 6.45) is 2.97. The van der Waals surface area contributed by atoms with E-state index in [-0.39, 0.29) is 23.8 Å². The molecule has 1 aliphatic heterocycles. The molecule has 23 heavy (non-hydrogen) atoms. The zero-order valence-electron chi connectivity index (χ0n) is 12.0. The highest BCUT2D eigenvalue weighted by Gasteiger charge is 2.25. The van der Waals surface area contributed by atoms with E-state index in [0.29, 0.717) is 25.9 Å². The van der Waals surface area contributed by atoms with Crippen LogP contribution in [0.5, 0.6) is 11.9 Å². The molecular weight excluding hydrogens is 310 g/mol. The maximum Gasteiger partial charge on any atom is 0.318 e. The number of anilines is 2. The van der Waals surface area contributed by atoms with E-state index in [9.17, 15) is 13.9 Å². The number of rotatable bonds is 3. The van der Waals surface area contributed by atoms with Gasteiger partial charge in [-0.2, -0.15) is 14.4 Å². The smallest absolute Gasteiger partial charge is 0.318 e. The van der Waals surface area contributed by atoms with Crippen LogP contribution in [0.1, 0.15) is 12.8 Å². The summed E-state index contributed by atoms with van der Waals surface area (Å²) in [5.41, 5.74) is 5.36. The lowest BCUT2D eigenvalue weighted by Crippen LogP contribution is -2.39. The van der Waals surface area contributed by atoms with Crippen molar-refractivity contribution in [1.82, 2.24) is 19.9 Å². The van der Waals surface area contributed by atoms with Crippen LogP contribution in [0.25, 0.3) is 0 Å². The second kappa shape index (κ2) is 6.15. The number of aromatic hydroxyl groups is 1. The molecule has 0 spiro atoms. The van der Waals surface area contributed by atoms with E-state index in [1.165, 1.54) is 0 Å². The van der Waals surface area contributed by atoms with Crippen LogP contribution in [0, 0.1) is 11.6 Å². The number of nitrogens with zero attached hydrogens (tertiary/aromatic N) is 5. The number of piperidine rings is 1. The van der Waals surface area contributed by atoms with E-state index in [0.717, 1.165) is 12.5 Å². The van der Waals surface area contributed by atoms with Gasteiger partial charge in [0.25, 0.3) is 5.88 Å². The van der Waals surface area contributed by atoms with Gasteiger partial charge in [0, 0.05) is 25.9 Å². The van der Waals surface area contributed by atoms with Crippen LogP contribution in [0.2, 0.25) is 0 Å². The van der Waals surface area contributed by atoms with Crippen LogP contribution in [0.3, 0.4) is 0 Å². The Morgan fingerprint density at radius 2 is 1.96 bits per heavy atom. The Bertz CT molecular complexity index is 709. The third-order valence-electron chi connectivity index (χ3n) is 3.52. The predicted molar refractivity (Wildman–Crippen MR) is 75.9 cm³/mol. The minimum absolute atomic E-state index is 0.00760. The average Bonchev–Trinajstić information content (AvgIpc) is 2.55. The molecule has 10 heteroatoms. The van der Waals surface area contributed by atoms with Crippen LogP contribution in [-0.4, -0.2) is 44.2 Å². The van der Waals surface area contributed by atoms with Gasteiger partial charge in [0.2, 0.25) is 5.82 Å². The van der Waals surface area contributed by atoms with Gasteiger partial charge in [0.05, 0.1) is 6.20 Å². The van der Waals surface area contributed by atoms with Crippen molar-refractivity contribution in [2.24, 2.45) is 0 Å². The zero-order valence-corrected chi connectivity index (χ0v) is 12.0. The molecular formula is C13H14F2N6O2. The lowest BCUT2D eigenvalue weighted by molar-refractivity contribution is 0.156. The highest BCUT2D eigenvalue weighted by Crippen LogP contribution is 2.25. The molecule has 0 atom stereocenters. The number of nitrogens with two attached hydrogens (primary N) is 1. The largest absolute Gasteiger partial charge is 0.491 e. The van der Waals surface area contributed by atoms with Gasteiger partial charge >= 0.3 is 6.01 Å². The van der Waals surface area contributed by atoms with Crippen molar-refractivity contribution in [3.63, 3.8) is 0 Å². The number of nitrogen functional groups attached to an aromatic ring is 1. The first-order valence-corrected chi connectivity index (χ1v) is 6.93. The van der Waals surface area contributed by atoms with Gasteiger partial charge in [-0.25, -0.2) is 14.4 Å². The summed E-state index contributed by atoms with van der Waals surface area (Å²) in [6, 6.07) is 0.00760. The van der Waals surface area contributed by atoms with Crippen molar-refractivity contribution in [1.29, 1.82) is 0 Å².